The van der Waals surface area contributed by atoms with Gasteiger partial charge in [-0.05, 0) is 57.5 Å². The molecule has 2 atom stereocenters. The molecule has 3 aliphatic heterocycles. The smallest absolute Gasteiger partial charge is 0.491 e. The first-order valence-corrected chi connectivity index (χ1v) is 13.1. The summed E-state index contributed by atoms with van der Waals surface area (Å²) in [5.41, 5.74) is -0.240. The molecule has 0 aromatic heterocycles. The molecule has 0 saturated carbocycles. The summed E-state index contributed by atoms with van der Waals surface area (Å²) in [6.45, 7) is 8.66. The van der Waals surface area contributed by atoms with Gasteiger partial charge in [0.1, 0.15) is 24.3 Å². The fourth-order valence-electron chi connectivity index (χ4n) is 4.83. The second-order valence-corrected chi connectivity index (χ2v) is 11.4. The number of piperidine rings is 1. The number of fused-ring (bicyclic) bond motifs is 1. The lowest BCUT2D eigenvalue weighted by Gasteiger charge is -2.33. The summed E-state index contributed by atoms with van der Waals surface area (Å²) < 4.78 is 39.3. The second-order valence-electron chi connectivity index (χ2n) is 11.0. The lowest BCUT2D eigenvalue weighted by atomic mass is 9.77. The van der Waals surface area contributed by atoms with E-state index in [4.69, 9.17) is 30.4 Å². The standard InChI is InChI=1S/C27H31BClFN2O6/c1-26(2)27(3,4)38-28(37-26)21-13-22(30)20(24(33)31-14-16-5-7-17(29)8-6-16)12-23(21)36-19-9-10-32-18(11-19)15-35-25(32)34/h5-8,12-13,18-19H,9-11,14-15H2,1-4H3,(H,31,33)/t18-,19-/m0/s1. The third-order valence-electron chi connectivity index (χ3n) is 7.81. The van der Waals surface area contributed by atoms with Crippen molar-refractivity contribution < 1.29 is 32.8 Å². The topological polar surface area (TPSA) is 86.3 Å². The molecule has 0 unspecified atom stereocenters. The largest absolute Gasteiger partial charge is 0.498 e. The summed E-state index contributed by atoms with van der Waals surface area (Å²) in [4.78, 5) is 26.6. The molecule has 8 nitrogen and oxygen atoms in total. The fourth-order valence-corrected chi connectivity index (χ4v) is 4.95. The minimum absolute atomic E-state index is 0.0795. The van der Waals surface area contributed by atoms with Crippen molar-refractivity contribution in [2.24, 2.45) is 0 Å². The number of rotatable bonds is 6. The van der Waals surface area contributed by atoms with Gasteiger partial charge in [0.2, 0.25) is 0 Å². The maximum atomic E-state index is 15.4. The van der Waals surface area contributed by atoms with Gasteiger partial charge in [-0.3, -0.25) is 4.79 Å². The molecule has 11 heteroatoms. The predicted octanol–water partition coefficient (Wildman–Crippen LogP) is 4.07. The summed E-state index contributed by atoms with van der Waals surface area (Å²) >= 11 is 5.93. The van der Waals surface area contributed by atoms with Crippen LogP contribution in [0.25, 0.3) is 0 Å². The van der Waals surface area contributed by atoms with Crippen LogP contribution in [-0.4, -0.2) is 60.5 Å². The van der Waals surface area contributed by atoms with Gasteiger partial charge in [0.25, 0.3) is 5.91 Å². The zero-order chi connectivity index (χ0) is 27.2. The Morgan fingerprint density at radius 2 is 1.87 bits per heavy atom. The Morgan fingerprint density at radius 3 is 2.55 bits per heavy atom. The molecule has 3 saturated heterocycles. The molecule has 3 heterocycles. The zero-order valence-corrected chi connectivity index (χ0v) is 22.6. The van der Waals surface area contributed by atoms with Crippen molar-refractivity contribution in [1.82, 2.24) is 10.2 Å². The second kappa shape index (κ2) is 10.1. The number of cyclic esters (lactones) is 1. The molecular formula is C27H31BClFN2O6. The molecule has 3 fully saturated rings. The van der Waals surface area contributed by atoms with Gasteiger partial charge >= 0.3 is 13.2 Å². The molecule has 0 aliphatic carbocycles. The molecule has 2 amide bonds. The van der Waals surface area contributed by atoms with E-state index in [1.807, 2.05) is 27.7 Å². The zero-order valence-electron chi connectivity index (χ0n) is 21.9. The summed E-state index contributed by atoms with van der Waals surface area (Å²) in [6.07, 6.45) is 0.559. The summed E-state index contributed by atoms with van der Waals surface area (Å²) in [5, 5.41) is 3.34. The Morgan fingerprint density at radius 1 is 1.18 bits per heavy atom. The van der Waals surface area contributed by atoms with E-state index in [1.165, 1.54) is 12.1 Å². The van der Waals surface area contributed by atoms with Crippen LogP contribution in [0.3, 0.4) is 0 Å². The van der Waals surface area contributed by atoms with Crippen molar-refractivity contribution in [2.75, 3.05) is 13.2 Å². The molecule has 202 valence electrons. The van der Waals surface area contributed by atoms with Gasteiger partial charge in [-0.15, -0.1) is 0 Å². The number of benzene rings is 2. The van der Waals surface area contributed by atoms with Gasteiger partial charge < -0.3 is 29.0 Å². The van der Waals surface area contributed by atoms with Crippen LogP contribution >= 0.6 is 11.6 Å². The van der Waals surface area contributed by atoms with E-state index in [2.05, 4.69) is 5.32 Å². The minimum atomic E-state index is -0.882. The molecule has 2 aromatic carbocycles. The molecular weight excluding hydrogens is 514 g/mol. The Balaban J connectivity index is 1.41. The van der Waals surface area contributed by atoms with Gasteiger partial charge in [-0.25, -0.2) is 9.18 Å². The Hall–Kier alpha value is -2.82. The maximum absolute atomic E-state index is 15.4. The first kappa shape index (κ1) is 26.8. The number of carbonyl (C=O) groups is 2. The monoisotopic (exact) mass is 544 g/mol. The number of hydrogen-bond donors (Lipinski definition) is 1. The average molecular weight is 545 g/mol. The molecule has 2 aromatic rings. The van der Waals surface area contributed by atoms with Crippen molar-refractivity contribution in [2.45, 2.75) is 70.4 Å². The van der Waals surface area contributed by atoms with E-state index >= 15 is 4.39 Å². The van der Waals surface area contributed by atoms with Crippen LogP contribution < -0.4 is 15.5 Å². The van der Waals surface area contributed by atoms with Crippen molar-refractivity contribution in [1.29, 1.82) is 0 Å². The molecule has 1 N–H and O–H groups in total. The van der Waals surface area contributed by atoms with E-state index in [0.717, 1.165) is 5.56 Å². The van der Waals surface area contributed by atoms with Crippen LogP contribution in [-0.2, 0) is 20.6 Å². The first-order valence-electron chi connectivity index (χ1n) is 12.8. The van der Waals surface area contributed by atoms with E-state index in [1.54, 1.807) is 29.2 Å². The van der Waals surface area contributed by atoms with Crippen molar-refractivity contribution in [3.63, 3.8) is 0 Å². The fraction of sp³-hybridized carbons (Fsp3) is 0.481. The van der Waals surface area contributed by atoms with E-state index < -0.39 is 30.0 Å². The molecule has 5 rings (SSSR count). The lowest BCUT2D eigenvalue weighted by Crippen LogP contribution is -2.45. The minimum Gasteiger partial charge on any atom is -0.491 e. The van der Waals surface area contributed by atoms with Crippen LogP contribution in [0.5, 0.6) is 5.75 Å². The molecule has 3 aliphatic rings. The molecule has 0 spiro atoms. The number of ether oxygens (including phenoxy) is 2. The van der Waals surface area contributed by atoms with Gasteiger partial charge in [0.15, 0.2) is 0 Å². The predicted molar refractivity (Wildman–Crippen MR) is 140 cm³/mol. The highest BCUT2D eigenvalue weighted by Gasteiger charge is 2.53. The van der Waals surface area contributed by atoms with E-state index in [9.17, 15) is 9.59 Å². The highest BCUT2D eigenvalue weighted by Crippen LogP contribution is 2.38. The van der Waals surface area contributed by atoms with Gasteiger partial charge in [-0.1, -0.05) is 23.7 Å². The average Bonchev–Trinajstić information content (AvgIpc) is 3.33. The maximum Gasteiger partial charge on any atom is 0.498 e. The third-order valence-corrected chi connectivity index (χ3v) is 8.06. The van der Waals surface area contributed by atoms with Gasteiger partial charge in [-0.2, -0.15) is 0 Å². The normalized spacial score (nSPS) is 23.7. The first-order chi connectivity index (χ1) is 17.9. The lowest BCUT2D eigenvalue weighted by molar-refractivity contribution is 0.00578. The molecule has 38 heavy (non-hydrogen) atoms. The molecule has 0 radical (unpaired) electrons. The highest BCUT2D eigenvalue weighted by molar-refractivity contribution is 6.63. The van der Waals surface area contributed by atoms with Crippen molar-refractivity contribution >= 4 is 36.2 Å². The van der Waals surface area contributed by atoms with Crippen LogP contribution in [0.1, 0.15) is 56.5 Å². The summed E-state index contributed by atoms with van der Waals surface area (Å²) in [6, 6.07) is 9.62. The quantitative estimate of drug-likeness (QED) is 0.552. The van der Waals surface area contributed by atoms with Crippen LogP contribution in [0.2, 0.25) is 5.02 Å². The molecule has 0 bridgehead atoms. The van der Waals surface area contributed by atoms with Crippen LogP contribution in [0, 0.1) is 5.82 Å². The Bertz CT molecular complexity index is 1220. The van der Waals surface area contributed by atoms with E-state index in [0.29, 0.717) is 42.2 Å². The number of nitrogens with one attached hydrogen (secondary N) is 1. The highest BCUT2D eigenvalue weighted by atomic mass is 35.5. The van der Waals surface area contributed by atoms with Crippen molar-refractivity contribution in [3.8, 4) is 5.75 Å². The third kappa shape index (κ3) is 5.22. The number of hydrogen-bond acceptors (Lipinski definition) is 6. The summed E-state index contributed by atoms with van der Waals surface area (Å²) in [7, 11) is -0.882. The van der Waals surface area contributed by atoms with E-state index in [-0.39, 0.29) is 30.3 Å². The Labute approximate surface area is 226 Å². The number of carbonyl (C=O) groups excluding carboxylic acids is 2. The number of nitrogens with zero attached hydrogens (tertiary/aromatic N) is 1. The number of halogens is 2. The van der Waals surface area contributed by atoms with Gasteiger partial charge in [0.05, 0.1) is 22.8 Å². The van der Waals surface area contributed by atoms with Gasteiger partial charge in [0, 0.05) is 36.4 Å². The number of amides is 2. The SMILES string of the molecule is CC1(C)OB(c2cc(F)c(C(=O)NCc3ccc(Cl)cc3)cc2O[C@H]2CCN3C(=O)OC[C@@H]3C2)OC1(C)C. The summed E-state index contributed by atoms with van der Waals surface area (Å²) in [5.74, 6) is -0.974. The van der Waals surface area contributed by atoms with Crippen LogP contribution in [0.15, 0.2) is 36.4 Å². The van der Waals surface area contributed by atoms with Crippen LogP contribution in [0.4, 0.5) is 9.18 Å². The van der Waals surface area contributed by atoms with Crippen molar-refractivity contribution in [3.05, 3.63) is 58.4 Å². The Kier molecular flexibility index (Phi) is 7.09.